The van der Waals surface area contributed by atoms with Crippen LogP contribution in [0.3, 0.4) is 0 Å². The summed E-state index contributed by atoms with van der Waals surface area (Å²) in [4.78, 5) is 3.83. The molecule has 54 valence electrons. The maximum atomic E-state index is 8.38. The lowest BCUT2D eigenvalue weighted by Crippen LogP contribution is -2.01. The predicted molar refractivity (Wildman–Crippen MR) is 36.8 cm³/mol. The Morgan fingerprint density at radius 2 is 2.50 bits per heavy atom. The zero-order valence-electron chi connectivity index (χ0n) is 5.53. The van der Waals surface area contributed by atoms with Crippen LogP contribution in [0.5, 0.6) is 5.75 Å². The molecule has 0 bridgehead atoms. The highest BCUT2D eigenvalue weighted by molar-refractivity contribution is 5.15. The van der Waals surface area contributed by atoms with Gasteiger partial charge in [0.25, 0.3) is 0 Å². The van der Waals surface area contributed by atoms with Crippen LogP contribution in [-0.2, 0) is 0 Å². The molecule has 1 aromatic rings. The molecular formula is C7H9NO2. The Kier molecular flexibility index (Phi) is 2.70. The first-order valence-electron chi connectivity index (χ1n) is 3.07. The van der Waals surface area contributed by atoms with Gasteiger partial charge in [-0.2, -0.15) is 0 Å². The molecule has 0 aliphatic rings. The van der Waals surface area contributed by atoms with E-state index >= 15 is 0 Å². The van der Waals surface area contributed by atoms with Gasteiger partial charge in [0.1, 0.15) is 12.4 Å². The van der Waals surface area contributed by atoms with Crippen molar-refractivity contribution in [1.82, 2.24) is 4.98 Å². The molecule has 0 amide bonds. The summed E-state index contributed by atoms with van der Waals surface area (Å²) in [5.41, 5.74) is 0. The second-order valence-corrected chi connectivity index (χ2v) is 1.76. The fraction of sp³-hybridized carbons (Fsp3) is 0.286. The topological polar surface area (TPSA) is 42.4 Å². The van der Waals surface area contributed by atoms with E-state index in [0.717, 1.165) is 0 Å². The minimum atomic E-state index is 0.0366. The van der Waals surface area contributed by atoms with Crippen LogP contribution >= 0.6 is 0 Å². The van der Waals surface area contributed by atoms with Crippen molar-refractivity contribution in [2.45, 2.75) is 0 Å². The summed E-state index contributed by atoms with van der Waals surface area (Å²) in [5, 5.41) is 8.38. The summed E-state index contributed by atoms with van der Waals surface area (Å²) >= 11 is 0. The zero-order chi connectivity index (χ0) is 7.23. The molecule has 0 saturated heterocycles. The minimum Gasteiger partial charge on any atom is -0.490 e. The molecule has 3 nitrogen and oxygen atoms in total. The van der Waals surface area contributed by atoms with Crippen LogP contribution < -0.4 is 4.74 Å². The number of aliphatic hydroxyl groups is 1. The largest absolute Gasteiger partial charge is 0.490 e. The monoisotopic (exact) mass is 139 g/mol. The van der Waals surface area contributed by atoms with E-state index in [4.69, 9.17) is 9.84 Å². The van der Waals surface area contributed by atoms with Crippen molar-refractivity contribution >= 4 is 0 Å². The van der Waals surface area contributed by atoms with E-state index < -0.39 is 0 Å². The second-order valence-electron chi connectivity index (χ2n) is 1.76. The van der Waals surface area contributed by atoms with Gasteiger partial charge in [0.2, 0.25) is 0 Å². The van der Waals surface area contributed by atoms with E-state index in [0.29, 0.717) is 12.4 Å². The fourth-order valence-corrected chi connectivity index (χ4v) is 0.596. The van der Waals surface area contributed by atoms with E-state index in [9.17, 15) is 0 Å². The van der Waals surface area contributed by atoms with Crippen molar-refractivity contribution in [1.29, 1.82) is 0 Å². The lowest BCUT2D eigenvalue weighted by Gasteiger charge is -2.00. The third-order valence-corrected chi connectivity index (χ3v) is 0.994. The van der Waals surface area contributed by atoms with Gasteiger partial charge in [0.15, 0.2) is 0 Å². The van der Waals surface area contributed by atoms with Crippen LogP contribution in [0.4, 0.5) is 0 Å². The van der Waals surface area contributed by atoms with Crippen LogP contribution in [-0.4, -0.2) is 23.3 Å². The molecule has 0 unspecified atom stereocenters. The van der Waals surface area contributed by atoms with Crippen molar-refractivity contribution in [3.05, 3.63) is 24.5 Å². The Bertz CT molecular complexity index is 176. The normalized spacial score (nSPS) is 9.30. The van der Waals surface area contributed by atoms with Gasteiger partial charge in [-0.05, 0) is 12.1 Å². The van der Waals surface area contributed by atoms with E-state index in [2.05, 4.69) is 4.98 Å². The van der Waals surface area contributed by atoms with Crippen LogP contribution in [0.2, 0.25) is 0 Å². The quantitative estimate of drug-likeness (QED) is 0.661. The summed E-state index contributed by atoms with van der Waals surface area (Å²) in [7, 11) is 0. The predicted octanol–water partition coefficient (Wildman–Crippen LogP) is 0.453. The molecular weight excluding hydrogens is 130 g/mol. The van der Waals surface area contributed by atoms with E-state index in [1.54, 1.807) is 24.5 Å². The summed E-state index contributed by atoms with van der Waals surface area (Å²) in [6.45, 7) is 0.362. The van der Waals surface area contributed by atoms with Crippen molar-refractivity contribution in [3.8, 4) is 5.75 Å². The first-order chi connectivity index (χ1) is 4.93. The third-order valence-electron chi connectivity index (χ3n) is 0.994. The second kappa shape index (κ2) is 3.85. The van der Waals surface area contributed by atoms with Gasteiger partial charge in [-0.1, -0.05) is 0 Å². The molecule has 0 saturated carbocycles. The van der Waals surface area contributed by atoms with Crippen molar-refractivity contribution in [3.63, 3.8) is 0 Å². The first-order valence-corrected chi connectivity index (χ1v) is 3.07. The van der Waals surface area contributed by atoms with Crippen LogP contribution in [0, 0.1) is 0 Å². The lowest BCUT2D eigenvalue weighted by atomic mass is 10.5. The average molecular weight is 139 g/mol. The molecule has 1 aromatic heterocycles. The molecule has 0 aromatic carbocycles. The standard InChI is InChI=1S/C7H9NO2/c9-4-5-10-7-2-1-3-8-6-7/h1-3,6,9H,4-5H2. The zero-order valence-corrected chi connectivity index (χ0v) is 5.53. The fourth-order valence-electron chi connectivity index (χ4n) is 0.596. The van der Waals surface area contributed by atoms with Gasteiger partial charge in [0, 0.05) is 6.20 Å². The van der Waals surface area contributed by atoms with Crippen LogP contribution in [0.1, 0.15) is 0 Å². The Balaban J connectivity index is 2.43. The summed E-state index contributed by atoms with van der Waals surface area (Å²) in [5.74, 6) is 0.691. The molecule has 0 fully saturated rings. The lowest BCUT2D eigenvalue weighted by molar-refractivity contribution is 0.201. The number of aliphatic hydroxyl groups excluding tert-OH is 1. The Labute approximate surface area is 59.3 Å². The molecule has 0 atom stereocenters. The minimum absolute atomic E-state index is 0.0366. The Hall–Kier alpha value is -1.09. The highest BCUT2D eigenvalue weighted by Crippen LogP contribution is 2.04. The number of pyridine rings is 1. The SMILES string of the molecule is OCCOc1cccnc1. The molecule has 1 N–H and O–H groups in total. The molecule has 1 rings (SSSR count). The smallest absolute Gasteiger partial charge is 0.137 e. The molecule has 10 heavy (non-hydrogen) atoms. The van der Waals surface area contributed by atoms with Crippen molar-refractivity contribution < 1.29 is 9.84 Å². The van der Waals surface area contributed by atoms with Gasteiger partial charge >= 0.3 is 0 Å². The molecule has 0 aliphatic carbocycles. The molecule has 0 aliphatic heterocycles. The summed E-state index contributed by atoms with van der Waals surface area (Å²) < 4.78 is 5.04. The number of nitrogens with zero attached hydrogens (tertiary/aromatic N) is 1. The average Bonchev–Trinajstić information content (AvgIpc) is 2.03. The molecule has 0 radical (unpaired) electrons. The van der Waals surface area contributed by atoms with E-state index in [1.165, 1.54) is 0 Å². The van der Waals surface area contributed by atoms with Crippen molar-refractivity contribution in [2.75, 3.05) is 13.2 Å². The number of ether oxygens (including phenoxy) is 1. The van der Waals surface area contributed by atoms with Gasteiger partial charge in [-0.3, -0.25) is 4.98 Å². The highest BCUT2D eigenvalue weighted by atomic mass is 16.5. The Morgan fingerprint density at radius 3 is 3.10 bits per heavy atom. The van der Waals surface area contributed by atoms with Gasteiger partial charge in [-0.25, -0.2) is 0 Å². The van der Waals surface area contributed by atoms with Crippen LogP contribution in [0.25, 0.3) is 0 Å². The van der Waals surface area contributed by atoms with Crippen LogP contribution in [0.15, 0.2) is 24.5 Å². The van der Waals surface area contributed by atoms with Gasteiger partial charge in [0.05, 0.1) is 12.8 Å². The summed E-state index contributed by atoms with van der Waals surface area (Å²) in [6.07, 6.45) is 3.28. The summed E-state index contributed by atoms with van der Waals surface area (Å²) in [6, 6.07) is 3.58. The van der Waals surface area contributed by atoms with E-state index in [-0.39, 0.29) is 6.61 Å². The number of hydrogen-bond donors (Lipinski definition) is 1. The van der Waals surface area contributed by atoms with Gasteiger partial charge < -0.3 is 9.84 Å². The maximum Gasteiger partial charge on any atom is 0.137 e. The van der Waals surface area contributed by atoms with Crippen molar-refractivity contribution in [2.24, 2.45) is 0 Å². The number of rotatable bonds is 3. The molecule has 1 heterocycles. The molecule has 0 spiro atoms. The van der Waals surface area contributed by atoms with E-state index in [1.807, 2.05) is 0 Å². The number of aromatic nitrogens is 1. The maximum absolute atomic E-state index is 8.38. The number of hydrogen-bond acceptors (Lipinski definition) is 3. The van der Waals surface area contributed by atoms with Gasteiger partial charge in [-0.15, -0.1) is 0 Å². The first kappa shape index (κ1) is 7.02. The third kappa shape index (κ3) is 2.03. The molecule has 3 heteroatoms. The Morgan fingerprint density at radius 1 is 1.60 bits per heavy atom. The highest BCUT2D eigenvalue weighted by Gasteiger charge is 1.87.